The Kier molecular flexibility index (Phi) is 6.42. The summed E-state index contributed by atoms with van der Waals surface area (Å²) in [6.07, 6.45) is 0.835. The van der Waals surface area contributed by atoms with Crippen molar-refractivity contribution in [1.29, 1.82) is 0 Å². The Labute approximate surface area is 203 Å². The average Bonchev–Trinajstić information content (AvgIpc) is 3.13. The molecule has 0 aliphatic carbocycles. The van der Waals surface area contributed by atoms with Gasteiger partial charge in [0.2, 0.25) is 0 Å². The summed E-state index contributed by atoms with van der Waals surface area (Å²) < 4.78 is 1.98. The van der Waals surface area contributed by atoms with E-state index < -0.39 is 5.60 Å². The lowest BCUT2D eigenvalue weighted by atomic mass is 10.00. The topological polar surface area (TPSA) is 70.3 Å². The Morgan fingerprint density at radius 1 is 1.15 bits per heavy atom. The van der Waals surface area contributed by atoms with Crippen LogP contribution in [0.15, 0.2) is 24.3 Å². The second kappa shape index (κ2) is 9.02. The predicted octanol–water partition coefficient (Wildman–Crippen LogP) is 4.39. The van der Waals surface area contributed by atoms with Gasteiger partial charge in [0.25, 0.3) is 0 Å². The molecular formula is C27H38N6O. The van der Waals surface area contributed by atoms with E-state index in [9.17, 15) is 5.11 Å². The first-order valence-electron chi connectivity index (χ1n) is 12.1. The van der Waals surface area contributed by atoms with Gasteiger partial charge in [0.1, 0.15) is 11.6 Å². The summed E-state index contributed by atoms with van der Waals surface area (Å²) in [4.78, 5) is 14.6. The minimum absolute atomic E-state index is 0.383. The van der Waals surface area contributed by atoms with Crippen LogP contribution in [0.2, 0.25) is 0 Å². The van der Waals surface area contributed by atoms with E-state index in [1.807, 2.05) is 32.6 Å². The summed E-state index contributed by atoms with van der Waals surface area (Å²) in [6, 6.07) is 8.50. The average molecular weight is 463 g/mol. The number of hydrogen-bond donors (Lipinski definition) is 1. The first kappa shape index (κ1) is 24.2. The van der Waals surface area contributed by atoms with Gasteiger partial charge in [-0.25, -0.2) is 9.97 Å². The molecule has 2 aromatic heterocycles. The number of benzene rings is 1. The van der Waals surface area contributed by atoms with Crippen LogP contribution in [0.1, 0.15) is 61.7 Å². The molecular weight excluding hydrogens is 424 g/mol. The number of hydrogen-bond acceptors (Lipinski definition) is 6. The lowest BCUT2D eigenvalue weighted by Crippen LogP contribution is -2.39. The molecule has 7 heteroatoms. The summed E-state index contributed by atoms with van der Waals surface area (Å²) in [5.74, 6) is 3.15. The van der Waals surface area contributed by atoms with Gasteiger partial charge in [-0.2, -0.15) is 5.10 Å². The van der Waals surface area contributed by atoms with Crippen LogP contribution < -0.4 is 9.80 Å². The van der Waals surface area contributed by atoms with E-state index in [2.05, 4.69) is 61.8 Å². The fourth-order valence-electron chi connectivity index (χ4n) is 4.90. The standard InChI is InChI=1S/C27H38N6O/c1-17(2)22-14-23(32(8)30-22)33-13-12-21-20(15-33)26(31(7)16-27(5,6)34)29-25(28-21)24-18(3)10-9-11-19(24)4/h9-11,14,17,34H,12-13,15-16H2,1-8H3. The zero-order valence-electron chi connectivity index (χ0n) is 21.8. The second-order valence-electron chi connectivity index (χ2n) is 10.6. The highest BCUT2D eigenvalue weighted by Gasteiger charge is 2.28. The number of fused-ring (bicyclic) bond motifs is 1. The lowest BCUT2D eigenvalue weighted by molar-refractivity contribution is 0.0884. The van der Waals surface area contributed by atoms with Gasteiger partial charge >= 0.3 is 0 Å². The molecule has 0 amide bonds. The second-order valence-corrected chi connectivity index (χ2v) is 10.6. The van der Waals surface area contributed by atoms with E-state index in [0.29, 0.717) is 19.0 Å². The van der Waals surface area contributed by atoms with Gasteiger partial charge in [-0.3, -0.25) is 4.68 Å². The number of rotatable bonds is 6. The maximum absolute atomic E-state index is 10.5. The zero-order valence-corrected chi connectivity index (χ0v) is 21.8. The van der Waals surface area contributed by atoms with Crippen molar-refractivity contribution >= 4 is 11.6 Å². The summed E-state index contributed by atoms with van der Waals surface area (Å²) in [5, 5.41) is 15.3. The lowest BCUT2D eigenvalue weighted by Gasteiger charge is -2.34. The van der Waals surface area contributed by atoms with Crippen LogP contribution in [0.3, 0.4) is 0 Å². The van der Waals surface area contributed by atoms with Crippen molar-refractivity contribution in [3.8, 4) is 11.4 Å². The molecule has 0 bridgehead atoms. The van der Waals surface area contributed by atoms with Crippen LogP contribution in [0.25, 0.3) is 11.4 Å². The molecule has 0 saturated heterocycles. The van der Waals surface area contributed by atoms with Crippen LogP contribution in [0, 0.1) is 13.8 Å². The van der Waals surface area contributed by atoms with Gasteiger partial charge in [0.15, 0.2) is 5.82 Å². The van der Waals surface area contributed by atoms with Gasteiger partial charge in [0.05, 0.1) is 17.0 Å². The van der Waals surface area contributed by atoms with Gasteiger partial charge < -0.3 is 14.9 Å². The molecule has 34 heavy (non-hydrogen) atoms. The first-order valence-corrected chi connectivity index (χ1v) is 12.1. The highest BCUT2D eigenvalue weighted by molar-refractivity contribution is 5.68. The van der Waals surface area contributed by atoms with Gasteiger partial charge in [0, 0.05) is 57.3 Å². The smallest absolute Gasteiger partial charge is 0.162 e. The Hall–Kier alpha value is -2.93. The van der Waals surface area contributed by atoms with Crippen LogP contribution in [0.4, 0.5) is 11.6 Å². The highest BCUT2D eigenvalue weighted by atomic mass is 16.3. The van der Waals surface area contributed by atoms with Gasteiger partial charge in [-0.05, 0) is 44.7 Å². The van der Waals surface area contributed by atoms with Crippen molar-refractivity contribution in [3.63, 3.8) is 0 Å². The molecule has 7 nitrogen and oxygen atoms in total. The maximum Gasteiger partial charge on any atom is 0.162 e. The molecule has 1 aliphatic heterocycles. The molecule has 0 fully saturated rings. The number of likely N-dealkylation sites (N-methyl/N-ethyl adjacent to an activating group) is 1. The minimum atomic E-state index is -0.839. The third-order valence-electron chi connectivity index (χ3n) is 6.52. The molecule has 0 atom stereocenters. The number of nitrogens with zero attached hydrogens (tertiary/aromatic N) is 6. The van der Waals surface area contributed by atoms with Gasteiger partial charge in [-0.15, -0.1) is 0 Å². The van der Waals surface area contributed by atoms with E-state index in [1.165, 1.54) is 11.1 Å². The van der Waals surface area contributed by atoms with E-state index in [4.69, 9.17) is 15.1 Å². The largest absolute Gasteiger partial charge is 0.389 e. The van der Waals surface area contributed by atoms with E-state index in [-0.39, 0.29) is 0 Å². The Morgan fingerprint density at radius 3 is 2.41 bits per heavy atom. The van der Waals surface area contributed by atoms with Crippen molar-refractivity contribution < 1.29 is 5.11 Å². The molecule has 1 aromatic carbocycles. The summed E-state index contributed by atoms with van der Waals surface area (Å²) in [6.45, 7) is 14.3. The van der Waals surface area contributed by atoms with E-state index in [1.54, 1.807) is 0 Å². The molecule has 0 spiro atoms. The fraction of sp³-hybridized carbons (Fsp3) is 0.519. The SMILES string of the molecule is Cc1cccc(C)c1-c1nc2c(c(N(C)CC(C)(C)O)n1)CN(c1cc(C(C)C)nn1C)CC2. The number of aliphatic hydroxyl groups is 1. The zero-order chi connectivity index (χ0) is 24.8. The molecule has 3 heterocycles. The van der Waals surface area contributed by atoms with Gasteiger partial charge in [-0.1, -0.05) is 32.0 Å². The quantitative estimate of drug-likeness (QED) is 0.586. The number of aromatic nitrogens is 4. The molecule has 1 aliphatic rings. The van der Waals surface area contributed by atoms with E-state index >= 15 is 0 Å². The van der Waals surface area contributed by atoms with Crippen molar-refractivity contribution in [3.05, 3.63) is 52.3 Å². The third kappa shape index (κ3) is 4.80. The minimum Gasteiger partial charge on any atom is -0.389 e. The van der Waals surface area contributed by atoms with Crippen LogP contribution >= 0.6 is 0 Å². The summed E-state index contributed by atoms with van der Waals surface area (Å²) >= 11 is 0. The number of anilines is 2. The van der Waals surface area contributed by atoms with Crippen molar-refractivity contribution in [1.82, 2.24) is 19.7 Å². The molecule has 3 aromatic rings. The number of aryl methyl sites for hydroxylation is 3. The molecule has 0 radical (unpaired) electrons. The Morgan fingerprint density at radius 2 is 1.82 bits per heavy atom. The molecule has 0 unspecified atom stereocenters. The van der Waals surface area contributed by atoms with Crippen molar-refractivity contribution in [2.75, 3.05) is 29.9 Å². The maximum atomic E-state index is 10.5. The molecule has 0 saturated carbocycles. The Balaban J connectivity index is 1.80. The normalized spacial score (nSPS) is 14.0. The highest BCUT2D eigenvalue weighted by Crippen LogP contribution is 2.34. The monoisotopic (exact) mass is 462 g/mol. The molecule has 1 N–H and O–H groups in total. The Bertz CT molecular complexity index is 1170. The predicted molar refractivity (Wildman–Crippen MR) is 139 cm³/mol. The molecule has 4 rings (SSSR count). The van der Waals surface area contributed by atoms with Crippen molar-refractivity contribution in [2.45, 2.75) is 66.0 Å². The van der Waals surface area contributed by atoms with Crippen LogP contribution in [0.5, 0.6) is 0 Å². The summed E-state index contributed by atoms with van der Waals surface area (Å²) in [7, 11) is 4.02. The van der Waals surface area contributed by atoms with Crippen LogP contribution in [-0.4, -0.2) is 50.6 Å². The van der Waals surface area contributed by atoms with Crippen molar-refractivity contribution in [2.24, 2.45) is 7.05 Å². The fourth-order valence-corrected chi connectivity index (χ4v) is 4.90. The first-order chi connectivity index (χ1) is 15.9. The molecule has 182 valence electrons. The van der Waals surface area contributed by atoms with E-state index in [0.717, 1.165) is 52.9 Å². The third-order valence-corrected chi connectivity index (χ3v) is 6.52. The summed E-state index contributed by atoms with van der Waals surface area (Å²) in [5.41, 5.74) is 5.92. The van der Waals surface area contributed by atoms with Crippen LogP contribution in [-0.2, 0) is 20.0 Å².